The second-order valence-corrected chi connectivity index (χ2v) is 6.58. The lowest BCUT2D eigenvalue weighted by molar-refractivity contribution is -0.677. The van der Waals surface area contributed by atoms with Crippen molar-refractivity contribution in [1.29, 1.82) is 10.5 Å². The molecule has 0 amide bonds. The van der Waals surface area contributed by atoms with Crippen LogP contribution in [0, 0.1) is 40.4 Å². The van der Waals surface area contributed by atoms with E-state index in [0.29, 0.717) is 6.61 Å². The molecule has 1 saturated carbocycles. The number of nitrogens with two attached hydrogens (primary N) is 1. The van der Waals surface area contributed by atoms with E-state index in [1.165, 1.54) is 0 Å². The van der Waals surface area contributed by atoms with Crippen LogP contribution in [0.4, 0.5) is 0 Å². The van der Waals surface area contributed by atoms with Gasteiger partial charge in [-0.3, -0.25) is 5.73 Å². The van der Waals surface area contributed by atoms with Gasteiger partial charge in [0.15, 0.2) is 10.8 Å². The van der Waals surface area contributed by atoms with Gasteiger partial charge in [0, 0.05) is 5.92 Å². The van der Waals surface area contributed by atoms with Crippen LogP contribution in [0.3, 0.4) is 0 Å². The molecule has 0 bridgehead atoms. The van der Waals surface area contributed by atoms with Gasteiger partial charge in [-0.15, -0.1) is 0 Å². The van der Waals surface area contributed by atoms with Crippen LogP contribution < -0.4 is 10.7 Å². The van der Waals surface area contributed by atoms with E-state index in [0.717, 1.165) is 11.1 Å². The molecule has 2 fully saturated rings. The number of aryl methyl sites for hydroxylation is 1. The molecule has 116 valence electrons. The lowest BCUT2D eigenvalue weighted by Crippen LogP contribution is -2.90. The van der Waals surface area contributed by atoms with E-state index < -0.39 is 16.7 Å². The summed E-state index contributed by atoms with van der Waals surface area (Å²) in [5.74, 6) is -1.48. The van der Waals surface area contributed by atoms with Crippen molar-refractivity contribution in [3.63, 3.8) is 0 Å². The van der Waals surface area contributed by atoms with Crippen molar-refractivity contribution in [2.24, 2.45) is 16.6 Å². The average molecular weight is 309 g/mol. The van der Waals surface area contributed by atoms with Gasteiger partial charge in [-0.1, -0.05) is 29.8 Å². The average Bonchev–Trinajstić information content (AvgIpc) is 2.92. The molecule has 0 aromatic heterocycles. The third kappa shape index (κ3) is 1.33. The molecule has 0 unspecified atom stereocenters. The van der Waals surface area contributed by atoms with Crippen molar-refractivity contribution in [3.05, 3.63) is 35.4 Å². The van der Waals surface area contributed by atoms with Gasteiger partial charge in [0.1, 0.15) is 0 Å². The molecule has 5 atom stereocenters. The Kier molecular flexibility index (Phi) is 2.54. The summed E-state index contributed by atoms with van der Waals surface area (Å²) in [5, 5.41) is 19.9. The first kappa shape index (κ1) is 14.2. The summed E-state index contributed by atoms with van der Waals surface area (Å²) >= 11 is 0. The summed E-state index contributed by atoms with van der Waals surface area (Å²) in [6.45, 7) is 4.21. The van der Waals surface area contributed by atoms with Crippen LogP contribution in [0.5, 0.6) is 0 Å². The van der Waals surface area contributed by atoms with Gasteiger partial charge in [-0.25, -0.2) is 4.99 Å². The number of amidine groups is 1. The van der Waals surface area contributed by atoms with Crippen molar-refractivity contribution in [1.82, 2.24) is 0 Å². The molecule has 1 spiro atoms. The van der Waals surface area contributed by atoms with Crippen molar-refractivity contribution in [2.75, 3.05) is 6.61 Å². The highest BCUT2D eigenvalue weighted by Crippen LogP contribution is 2.79. The number of rotatable bonds is 1. The number of benzene rings is 1. The minimum atomic E-state index is -1.35. The van der Waals surface area contributed by atoms with Crippen molar-refractivity contribution in [2.45, 2.75) is 31.8 Å². The maximum atomic E-state index is 10.0. The van der Waals surface area contributed by atoms with Gasteiger partial charge in [0.25, 0.3) is 5.84 Å². The zero-order valence-electron chi connectivity index (χ0n) is 13.0. The minimum Gasteiger partial charge on any atom is -0.311 e. The Hall–Kier alpha value is -2.41. The Bertz CT molecular complexity index is 805. The van der Waals surface area contributed by atoms with E-state index in [1.807, 2.05) is 38.1 Å². The van der Waals surface area contributed by atoms with E-state index >= 15 is 0 Å². The van der Waals surface area contributed by atoms with Crippen LogP contribution in [-0.4, -0.2) is 24.5 Å². The fourth-order valence-electron chi connectivity index (χ4n) is 4.22. The van der Waals surface area contributed by atoms with Gasteiger partial charge in [-0.05, 0) is 19.4 Å². The topological polar surface area (TPSA) is 106 Å². The maximum absolute atomic E-state index is 10.0. The number of hydrogen-bond acceptors (Lipinski definition) is 5. The summed E-state index contributed by atoms with van der Waals surface area (Å²) < 4.78 is 11.7. The highest BCUT2D eigenvalue weighted by molar-refractivity contribution is 5.95. The van der Waals surface area contributed by atoms with E-state index in [1.54, 1.807) is 0 Å². The zero-order valence-corrected chi connectivity index (χ0v) is 13.0. The van der Waals surface area contributed by atoms with Gasteiger partial charge < -0.3 is 9.47 Å². The monoisotopic (exact) mass is 309 g/mol. The van der Waals surface area contributed by atoms with Gasteiger partial charge in [0.05, 0.1) is 24.8 Å². The van der Waals surface area contributed by atoms with Crippen LogP contribution in [0.15, 0.2) is 24.3 Å². The maximum Gasteiger partial charge on any atom is 0.343 e. The molecule has 0 radical (unpaired) electrons. The molecule has 2 aliphatic heterocycles. The van der Waals surface area contributed by atoms with Crippen molar-refractivity contribution >= 4 is 5.84 Å². The number of nitriles is 2. The number of ether oxygens (including phenoxy) is 2. The van der Waals surface area contributed by atoms with Crippen LogP contribution in [0.1, 0.15) is 24.0 Å². The SMILES string of the molecule is Cc1ccc([C@H]2[C@@]3(C#N)[C@@]4([NH+]=C(N)[C@@]23C#N)OC[C@H](C)O4)cc1. The van der Waals surface area contributed by atoms with Gasteiger partial charge >= 0.3 is 5.91 Å². The van der Waals surface area contributed by atoms with Crippen molar-refractivity contribution < 1.29 is 14.5 Å². The van der Waals surface area contributed by atoms with Gasteiger partial charge in [0.2, 0.25) is 0 Å². The molecule has 1 aromatic rings. The summed E-state index contributed by atoms with van der Waals surface area (Å²) in [4.78, 5) is 2.96. The number of hydrogen-bond donors (Lipinski definition) is 2. The van der Waals surface area contributed by atoms with E-state index in [9.17, 15) is 10.5 Å². The molecule has 3 aliphatic rings. The Morgan fingerprint density at radius 3 is 2.48 bits per heavy atom. The molecule has 3 N–H and O–H groups in total. The summed E-state index contributed by atoms with van der Waals surface area (Å²) in [6, 6.07) is 12.4. The van der Waals surface area contributed by atoms with E-state index in [4.69, 9.17) is 15.2 Å². The predicted octanol–water partition coefficient (Wildman–Crippen LogP) is -0.347. The number of nitrogens with one attached hydrogen (secondary N) is 1. The number of fused-ring (bicyclic) bond motifs is 2. The third-order valence-electron chi connectivity index (χ3n) is 5.30. The molecule has 6 nitrogen and oxygen atoms in total. The second-order valence-electron chi connectivity index (χ2n) is 6.58. The van der Waals surface area contributed by atoms with Crippen LogP contribution in [0.25, 0.3) is 0 Å². The molecule has 1 aromatic carbocycles. The second kappa shape index (κ2) is 4.11. The summed E-state index contributed by atoms with van der Waals surface area (Å²) in [7, 11) is 0. The molecular weight excluding hydrogens is 292 g/mol. The Morgan fingerprint density at radius 1 is 1.26 bits per heavy atom. The largest absolute Gasteiger partial charge is 0.343 e. The lowest BCUT2D eigenvalue weighted by Gasteiger charge is -2.24. The zero-order chi connectivity index (χ0) is 16.5. The highest BCUT2D eigenvalue weighted by atomic mass is 16.8. The van der Waals surface area contributed by atoms with Crippen LogP contribution in [-0.2, 0) is 9.47 Å². The Labute approximate surface area is 134 Å². The molecule has 6 heteroatoms. The Morgan fingerprint density at radius 2 is 1.96 bits per heavy atom. The smallest absolute Gasteiger partial charge is 0.311 e. The molecule has 1 saturated heterocycles. The first-order valence-corrected chi connectivity index (χ1v) is 7.59. The van der Waals surface area contributed by atoms with Crippen LogP contribution >= 0.6 is 0 Å². The first-order valence-electron chi connectivity index (χ1n) is 7.59. The lowest BCUT2D eigenvalue weighted by atomic mass is 9.93. The number of nitrogens with zero attached hydrogens (tertiary/aromatic N) is 2. The normalized spacial score (nSPS) is 43.6. The first-order chi connectivity index (χ1) is 11.0. The minimum absolute atomic E-state index is 0.172. The van der Waals surface area contributed by atoms with Gasteiger partial charge in [-0.2, -0.15) is 10.5 Å². The predicted molar refractivity (Wildman–Crippen MR) is 79.4 cm³/mol. The fraction of sp³-hybridized carbons (Fsp3) is 0.471. The van der Waals surface area contributed by atoms with E-state index in [-0.39, 0.29) is 17.9 Å². The Balaban J connectivity index is 1.91. The molecule has 4 rings (SSSR count). The molecule has 2 heterocycles. The third-order valence-corrected chi connectivity index (χ3v) is 5.30. The highest BCUT2D eigenvalue weighted by Gasteiger charge is 2.97. The summed E-state index contributed by atoms with van der Waals surface area (Å²) in [6.07, 6.45) is -0.172. The molecule has 23 heavy (non-hydrogen) atoms. The summed E-state index contributed by atoms with van der Waals surface area (Å²) in [5.41, 5.74) is 5.85. The fourth-order valence-corrected chi connectivity index (χ4v) is 4.22. The quantitative estimate of drug-likeness (QED) is 0.738. The van der Waals surface area contributed by atoms with Crippen LogP contribution in [0.2, 0.25) is 0 Å². The van der Waals surface area contributed by atoms with E-state index in [2.05, 4.69) is 17.1 Å². The molecular formula is C17H17N4O2+. The van der Waals surface area contributed by atoms with Crippen molar-refractivity contribution in [3.8, 4) is 12.1 Å². The standard InChI is InChI=1S/C17H16N4O2/c1-10-3-5-12(6-4-10)13-15(8-18)14(20)21-17(16(13,15)9-19)22-7-11(2)23-17/h3-6,11,13H,7H2,1-2H3,(H2,20,21)/p+1/t11-,13+,15+,16+,17+/m0/s1. The molecule has 1 aliphatic carbocycles.